The maximum absolute atomic E-state index is 13.4. The third-order valence-corrected chi connectivity index (χ3v) is 5.14. The van der Waals surface area contributed by atoms with Crippen LogP contribution in [0.15, 0.2) is 53.5 Å². The molecule has 0 aliphatic carbocycles. The lowest BCUT2D eigenvalue weighted by Gasteiger charge is -2.33. The number of nitrogens with zero attached hydrogens (tertiary/aromatic N) is 2. The van der Waals surface area contributed by atoms with Crippen molar-refractivity contribution in [2.75, 3.05) is 12.4 Å². The zero-order valence-corrected chi connectivity index (χ0v) is 16.0. The Morgan fingerprint density at radius 2 is 2.07 bits per heavy atom. The Morgan fingerprint density at radius 3 is 2.83 bits per heavy atom. The van der Waals surface area contributed by atoms with Gasteiger partial charge in [0.15, 0.2) is 5.96 Å². The number of hydrogen-bond acceptors (Lipinski definition) is 4. The van der Waals surface area contributed by atoms with Crippen LogP contribution in [0.25, 0.3) is 10.9 Å². The topological polar surface area (TPSA) is 104 Å². The Morgan fingerprint density at radius 1 is 1.28 bits per heavy atom. The average Bonchev–Trinajstić information content (AvgIpc) is 3.09. The van der Waals surface area contributed by atoms with E-state index in [1.165, 1.54) is 17.0 Å². The van der Waals surface area contributed by atoms with E-state index >= 15 is 0 Å². The molecule has 2 aromatic carbocycles. The van der Waals surface area contributed by atoms with E-state index in [1.807, 2.05) is 13.0 Å². The van der Waals surface area contributed by atoms with E-state index in [2.05, 4.69) is 15.3 Å². The number of aliphatic imine (C=N–C) groups is 1. The number of guanidine groups is 1. The van der Waals surface area contributed by atoms with Gasteiger partial charge in [-0.3, -0.25) is 14.5 Å². The van der Waals surface area contributed by atoms with Crippen LogP contribution in [0.2, 0.25) is 0 Å². The molecule has 0 bridgehead atoms. The Kier molecular flexibility index (Phi) is 4.34. The van der Waals surface area contributed by atoms with Gasteiger partial charge in [-0.2, -0.15) is 0 Å². The summed E-state index contributed by atoms with van der Waals surface area (Å²) in [6.45, 7) is 1.83. The van der Waals surface area contributed by atoms with E-state index in [9.17, 15) is 14.0 Å². The Bertz CT molecular complexity index is 1170. The molecule has 7 nitrogen and oxygen atoms in total. The van der Waals surface area contributed by atoms with Crippen molar-refractivity contribution in [1.29, 1.82) is 0 Å². The van der Waals surface area contributed by atoms with Gasteiger partial charge >= 0.3 is 0 Å². The first-order chi connectivity index (χ1) is 13.7. The van der Waals surface area contributed by atoms with Gasteiger partial charge < -0.3 is 16.0 Å². The number of nitrogens with one attached hydrogen (secondary N) is 2. The molecule has 3 aromatic rings. The molecule has 0 saturated carbocycles. The number of amides is 2. The summed E-state index contributed by atoms with van der Waals surface area (Å²) >= 11 is 0. The molecule has 4 N–H and O–H groups in total. The number of rotatable bonds is 3. The summed E-state index contributed by atoms with van der Waals surface area (Å²) in [4.78, 5) is 33.6. The lowest BCUT2D eigenvalue weighted by atomic mass is 9.87. The highest BCUT2D eigenvalue weighted by atomic mass is 19.1. The minimum absolute atomic E-state index is 0.125. The summed E-state index contributed by atoms with van der Waals surface area (Å²) in [7, 11) is 1.59. The van der Waals surface area contributed by atoms with Gasteiger partial charge in [-0.05, 0) is 48.9 Å². The summed E-state index contributed by atoms with van der Waals surface area (Å²) < 4.78 is 13.4. The predicted molar refractivity (Wildman–Crippen MR) is 109 cm³/mol. The van der Waals surface area contributed by atoms with Crippen LogP contribution in [0.4, 0.5) is 10.1 Å². The normalized spacial score (nSPS) is 19.3. The van der Waals surface area contributed by atoms with Gasteiger partial charge in [0.1, 0.15) is 11.5 Å². The molecule has 1 atom stereocenters. The Balaban J connectivity index is 1.60. The van der Waals surface area contributed by atoms with Crippen molar-refractivity contribution in [3.8, 4) is 0 Å². The van der Waals surface area contributed by atoms with Gasteiger partial charge in [0.25, 0.3) is 5.91 Å². The highest BCUT2D eigenvalue weighted by Crippen LogP contribution is 2.34. The fourth-order valence-electron chi connectivity index (χ4n) is 3.43. The molecule has 0 fully saturated rings. The van der Waals surface area contributed by atoms with Gasteiger partial charge in [-0.1, -0.05) is 12.1 Å². The van der Waals surface area contributed by atoms with E-state index in [4.69, 9.17) is 5.73 Å². The molecular formula is C21H20FN5O2. The molecule has 8 heteroatoms. The van der Waals surface area contributed by atoms with Crippen LogP contribution in [-0.2, 0) is 10.3 Å². The standard InChI is InChI=1S/C21H20FN5O2/c1-21(11-18(28)27(2)20(23)26-21)13-4-3-5-15(10-13)24-19(29)17-9-12-8-14(22)6-7-16(12)25-17/h3-10,25H,11H2,1-2H3,(H2,23,26)(H,24,29). The zero-order valence-electron chi connectivity index (χ0n) is 16.0. The molecule has 1 aliphatic rings. The van der Waals surface area contributed by atoms with E-state index in [1.54, 1.807) is 37.4 Å². The minimum atomic E-state index is -0.812. The smallest absolute Gasteiger partial charge is 0.272 e. The number of carbonyl (C=O) groups is 2. The molecule has 0 saturated heterocycles. The quantitative estimate of drug-likeness (QED) is 0.637. The van der Waals surface area contributed by atoms with Crippen molar-refractivity contribution in [1.82, 2.24) is 9.88 Å². The first kappa shape index (κ1) is 18.7. The second kappa shape index (κ2) is 6.73. The highest BCUT2D eigenvalue weighted by molar-refractivity contribution is 6.06. The van der Waals surface area contributed by atoms with Crippen LogP contribution < -0.4 is 11.1 Å². The summed E-state index contributed by atoms with van der Waals surface area (Å²) in [5.41, 5.74) is 7.37. The Hall–Kier alpha value is -3.68. The number of anilines is 1. The second-order valence-corrected chi connectivity index (χ2v) is 7.32. The molecule has 0 radical (unpaired) electrons. The zero-order chi connectivity index (χ0) is 20.8. The van der Waals surface area contributed by atoms with E-state index in [0.717, 1.165) is 5.56 Å². The number of fused-ring (bicyclic) bond motifs is 1. The number of hydrogen-bond donors (Lipinski definition) is 3. The molecule has 1 aliphatic heterocycles. The lowest BCUT2D eigenvalue weighted by molar-refractivity contribution is -0.128. The van der Waals surface area contributed by atoms with Crippen LogP contribution >= 0.6 is 0 Å². The average molecular weight is 393 g/mol. The van der Waals surface area contributed by atoms with Crippen LogP contribution in [-0.4, -0.2) is 34.7 Å². The van der Waals surface area contributed by atoms with E-state index in [0.29, 0.717) is 22.3 Å². The molecule has 4 rings (SSSR count). The summed E-state index contributed by atoms with van der Waals surface area (Å²) in [5.74, 6) is -0.688. The fraction of sp³-hybridized carbons (Fsp3) is 0.190. The first-order valence-corrected chi connectivity index (χ1v) is 9.07. The van der Waals surface area contributed by atoms with Crippen LogP contribution in [0.3, 0.4) is 0 Å². The summed E-state index contributed by atoms with van der Waals surface area (Å²) in [6.07, 6.45) is 0.176. The van der Waals surface area contributed by atoms with Gasteiger partial charge in [0.2, 0.25) is 5.91 Å². The summed E-state index contributed by atoms with van der Waals surface area (Å²) in [5, 5.41) is 3.44. The van der Waals surface area contributed by atoms with Gasteiger partial charge in [-0.15, -0.1) is 0 Å². The molecule has 148 valence electrons. The molecule has 2 amide bonds. The van der Waals surface area contributed by atoms with Crippen LogP contribution in [0, 0.1) is 5.82 Å². The molecule has 2 heterocycles. The number of nitrogens with two attached hydrogens (primary N) is 1. The van der Waals surface area contributed by atoms with Gasteiger partial charge in [-0.25, -0.2) is 9.38 Å². The second-order valence-electron chi connectivity index (χ2n) is 7.32. The Labute approximate surface area is 166 Å². The van der Waals surface area contributed by atoms with Crippen molar-refractivity contribution in [3.05, 3.63) is 65.6 Å². The van der Waals surface area contributed by atoms with Crippen LogP contribution in [0.1, 0.15) is 29.4 Å². The van der Waals surface area contributed by atoms with Crippen molar-refractivity contribution in [2.24, 2.45) is 10.7 Å². The molecule has 1 unspecified atom stereocenters. The largest absolute Gasteiger partial charge is 0.369 e. The minimum Gasteiger partial charge on any atom is -0.369 e. The van der Waals surface area contributed by atoms with Gasteiger partial charge in [0.05, 0.1) is 12.0 Å². The first-order valence-electron chi connectivity index (χ1n) is 9.07. The molecule has 29 heavy (non-hydrogen) atoms. The maximum Gasteiger partial charge on any atom is 0.272 e. The van der Waals surface area contributed by atoms with Crippen molar-refractivity contribution >= 4 is 34.4 Å². The number of benzene rings is 2. The number of H-pyrrole nitrogens is 1. The molecule has 1 aromatic heterocycles. The van der Waals surface area contributed by atoms with Crippen LogP contribution in [0.5, 0.6) is 0 Å². The number of carbonyl (C=O) groups excluding carboxylic acids is 2. The number of aromatic nitrogens is 1. The van der Waals surface area contributed by atoms with E-state index < -0.39 is 5.54 Å². The molecular weight excluding hydrogens is 373 g/mol. The SMILES string of the molecule is CN1C(=O)CC(C)(c2cccc(NC(=O)c3cc4cc(F)ccc4[nH]3)c2)N=C1N. The monoisotopic (exact) mass is 393 g/mol. The van der Waals surface area contributed by atoms with Crippen molar-refractivity contribution < 1.29 is 14.0 Å². The summed E-state index contributed by atoms with van der Waals surface area (Å²) in [6, 6.07) is 13.0. The highest BCUT2D eigenvalue weighted by Gasteiger charge is 2.36. The third-order valence-electron chi connectivity index (χ3n) is 5.14. The maximum atomic E-state index is 13.4. The predicted octanol–water partition coefficient (Wildman–Crippen LogP) is 2.95. The van der Waals surface area contributed by atoms with E-state index in [-0.39, 0.29) is 30.0 Å². The lowest BCUT2D eigenvalue weighted by Crippen LogP contribution is -2.47. The number of halogens is 1. The van der Waals surface area contributed by atoms with Gasteiger partial charge in [0, 0.05) is 23.6 Å². The van der Waals surface area contributed by atoms with Crippen molar-refractivity contribution in [2.45, 2.75) is 18.9 Å². The van der Waals surface area contributed by atoms with Crippen molar-refractivity contribution in [3.63, 3.8) is 0 Å². The molecule has 0 spiro atoms. The number of aromatic amines is 1. The fourth-order valence-corrected chi connectivity index (χ4v) is 3.43. The third kappa shape index (κ3) is 3.44.